The lowest BCUT2D eigenvalue weighted by molar-refractivity contribution is 0.195. The largest absolute Gasteiger partial charge is 0.314 e. The van der Waals surface area contributed by atoms with Gasteiger partial charge in [-0.05, 0) is 34.5 Å². The number of rotatable bonds is 3. The van der Waals surface area contributed by atoms with Crippen LogP contribution in [0.15, 0.2) is 39.5 Å². The van der Waals surface area contributed by atoms with Gasteiger partial charge in [-0.1, -0.05) is 22.0 Å². The number of thiophene rings is 1. The maximum atomic E-state index is 14.4. The molecular formula is C15H17BrClFN2S. The highest BCUT2D eigenvalue weighted by Gasteiger charge is 2.28. The van der Waals surface area contributed by atoms with Gasteiger partial charge in [-0.25, -0.2) is 4.39 Å². The Hall–Kier alpha value is -0.460. The molecular weight excluding hydrogens is 375 g/mol. The monoisotopic (exact) mass is 390 g/mol. The van der Waals surface area contributed by atoms with Crippen LogP contribution >= 0.6 is 39.7 Å². The fraction of sp³-hybridized carbons (Fsp3) is 0.333. The van der Waals surface area contributed by atoms with Crippen LogP contribution in [0.25, 0.3) is 0 Å². The van der Waals surface area contributed by atoms with Gasteiger partial charge in [-0.2, -0.15) is 11.3 Å². The van der Waals surface area contributed by atoms with E-state index in [0.29, 0.717) is 0 Å². The van der Waals surface area contributed by atoms with Gasteiger partial charge >= 0.3 is 0 Å². The average molecular weight is 392 g/mol. The fourth-order valence-corrected chi connectivity index (χ4v) is 3.94. The quantitative estimate of drug-likeness (QED) is 0.848. The molecule has 2 aromatic rings. The molecule has 1 aliphatic rings. The summed E-state index contributed by atoms with van der Waals surface area (Å²) in [6.07, 6.45) is 0. The highest BCUT2D eigenvalue weighted by Crippen LogP contribution is 2.36. The molecule has 1 aliphatic heterocycles. The summed E-state index contributed by atoms with van der Waals surface area (Å²) in [5.74, 6) is -0.144. The molecule has 1 aromatic carbocycles. The lowest BCUT2D eigenvalue weighted by Crippen LogP contribution is -2.45. The van der Waals surface area contributed by atoms with Crippen molar-refractivity contribution in [1.82, 2.24) is 10.2 Å². The van der Waals surface area contributed by atoms with Crippen molar-refractivity contribution in [3.8, 4) is 0 Å². The number of nitrogens with one attached hydrogen (secondary N) is 1. The van der Waals surface area contributed by atoms with Crippen molar-refractivity contribution in [1.29, 1.82) is 0 Å². The van der Waals surface area contributed by atoms with Gasteiger partial charge < -0.3 is 5.32 Å². The summed E-state index contributed by atoms with van der Waals surface area (Å²) >= 11 is 5.18. The highest BCUT2D eigenvalue weighted by molar-refractivity contribution is 9.10. The molecule has 1 saturated heterocycles. The Morgan fingerprint density at radius 1 is 1.24 bits per heavy atom. The van der Waals surface area contributed by atoms with Crippen molar-refractivity contribution in [2.24, 2.45) is 0 Å². The van der Waals surface area contributed by atoms with Gasteiger partial charge in [-0.3, -0.25) is 4.90 Å². The predicted octanol–water partition coefficient (Wildman–Crippen LogP) is 4.07. The molecule has 3 rings (SSSR count). The maximum Gasteiger partial charge on any atom is 0.129 e. The first-order valence-corrected chi connectivity index (χ1v) is 8.41. The number of hydrogen-bond donors (Lipinski definition) is 1. The summed E-state index contributed by atoms with van der Waals surface area (Å²) in [5.41, 5.74) is 1.91. The zero-order valence-corrected chi connectivity index (χ0v) is 14.6. The second-order valence-electron chi connectivity index (χ2n) is 4.88. The van der Waals surface area contributed by atoms with Gasteiger partial charge in [-0.15, -0.1) is 12.4 Å². The van der Waals surface area contributed by atoms with Crippen LogP contribution in [0.2, 0.25) is 0 Å². The molecule has 2 nitrogen and oxygen atoms in total. The van der Waals surface area contributed by atoms with E-state index in [9.17, 15) is 4.39 Å². The highest BCUT2D eigenvalue weighted by atomic mass is 79.9. The van der Waals surface area contributed by atoms with Crippen LogP contribution in [0.1, 0.15) is 17.2 Å². The van der Waals surface area contributed by atoms with Crippen LogP contribution < -0.4 is 5.32 Å². The maximum absolute atomic E-state index is 14.4. The Morgan fingerprint density at radius 3 is 2.62 bits per heavy atom. The van der Waals surface area contributed by atoms with E-state index < -0.39 is 0 Å². The molecule has 114 valence electrons. The predicted molar refractivity (Wildman–Crippen MR) is 92.0 cm³/mol. The third-order valence-corrected chi connectivity index (χ3v) is 5.04. The Bertz CT molecular complexity index is 553. The van der Waals surface area contributed by atoms with Gasteiger partial charge in [0, 0.05) is 36.2 Å². The van der Waals surface area contributed by atoms with Crippen molar-refractivity contribution in [3.05, 3.63) is 56.4 Å². The lowest BCUT2D eigenvalue weighted by Gasteiger charge is -2.35. The molecule has 0 amide bonds. The van der Waals surface area contributed by atoms with Gasteiger partial charge in [0.15, 0.2) is 0 Å². The van der Waals surface area contributed by atoms with E-state index in [0.717, 1.165) is 36.2 Å². The van der Waals surface area contributed by atoms with Crippen LogP contribution in [0.3, 0.4) is 0 Å². The average Bonchev–Trinajstić information content (AvgIpc) is 2.98. The number of nitrogens with zero attached hydrogens (tertiary/aromatic N) is 1. The second kappa shape index (κ2) is 7.70. The normalized spacial score (nSPS) is 17.2. The van der Waals surface area contributed by atoms with Gasteiger partial charge in [0.1, 0.15) is 5.82 Å². The van der Waals surface area contributed by atoms with E-state index in [1.54, 1.807) is 23.5 Å². The topological polar surface area (TPSA) is 15.3 Å². The molecule has 0 spiro atoms. The van der Waals surface area contributed by atoms with Crippen LogP contribution in [0.4, 0.5) is 4.39 Å². The summed E-state index contributed by atoms with van der Waals surface area (Å²) in [4.78, 5) is 2.35. The van der Waals surface area contributed by atoms with E-state index >= 15 is 0 Å². The van der Waals surface area contributed by atoms with E-state index in [1.165, 1.54) is 5.56 Å². The molecule has 0 aliphatic carbocycles. The van der Waals surface area contributed by atoms with Crippen LogP contribution in [0.5, 0.6) is 0 Å². The summed E-state index contributed by atoms with van der Waals surface area (Å²) < 4.78 is 15.2. The summed E-state index contributed by atoms with van der Waals surface area (Å²) in [6, 6.07) is 7.28. The van der Waals surface area contributed by atoms with E-state index in [-0.39, 0.29) is 24.3 Å². The number of hydrogen-bond acceptors (Lipinski definition) is 3. The molecule has 0 unspecified atom stereocenters. The minimum atomic E-state index is -0.144. The number of piperazine rings is 1. The minimum absolute atomic E-state index is 0. The first-order chi connectivity index (χ1) is 9.77. The Morgan fingerprint density at radius 2 is 2.00 bits per heavy atom. The minimum Gasteiger partial charge on any atom is -0.314 e. The SMILES string of the molecule is Cl.Fc1cccc(Br)c1[C@@H](c1ccsc1)N1CCNCC1. The smallest absolute Gasteiger partial charge is 0.129 e. The molecule has 21 heavy (non-hydrogen) atoms. The zero-order valence-electron chi connectivity index (χ0n) is 11.4. The zero-order chi connectivity index (χ0) is 13.9. The fourth-order valence-electron chi connectivity index (χ4n) is 2.70. The van der Waals surface area contributed by atoms with E-state index in [1.807, 2.05) is 6.07 Å². The van der Waals surface area contributed by atoms with Crippen molar-refractivity contribution < 1.29 is 4.39 Å². The lowest BCUT2D eigenvalue weighted by atomic mass is 9.98. The standard InChI is InChI=1S/C15H16BrFN2S.ClH/c16-12-2-1-3-13(17)14(12)15(11-4-9-20-10-11)19-7-5-18-6-8-19;/h1-4,9-10,15,18H,5-8H2;1H/t15-;/m1./s1. The molecule has 1 fully saturated rings. The second-order valence-corrected chi connectivity index (χ2v) is 6.51. The third kappa shape index (κ3) is 3.66. The van der Waals surface area contributed by atoms with E-state index in [2.05, 4.69) is 43.0 Å². The Kier molecular flexibility index (Phi) is 6.20. The molecule has 0 bridgehead atoms. The summed E-state index contributed by atoms with van der Waals surface area (Å²) in [5, 5.41) is 7.52. The molecule has 1 N–H and O–H groups in total. The van der Waals surface area contributed by atoms with Gasteiger partial charge in [0.2, 0.25) is 0 Å². The molecule has 0 saturated carbocycles. The van der Waals surface area contributed by atoms with Crippen LogP contribution in [-0.4, -0.2) is 31.1 Å². The third-order valence-electron chi connectivity index (χ3n) is 3.65. The molecule has 6 heteroatoms. The van der Waals surface area contributed by atoms with Crippen LogP contribution in [0, 0.1) is 5.82 Å². The van der Waals surface area contributed by atoms with Crippen molar-refractivity contribution in [2.45, 2.75) is 6.04 Å². The Labute approximate surface area is 142 Å². The number of benzene rings is 1. The molecule has 2 heterocycles. The van der Waals surface area contributed by atoms with Gasteiger partial charge in [0.05, 0.1) is 6.04 Å². The summed E-state index contributed by atoms with van der Waals surface area (Å²) in [6.45, 7) is 3.77. The first-order valence-electron chi connectivity index (χ1n) is 6.68. The first kappa shape index (κ1) is 16.9. The van der Waals surface area contributed by atoms with Crippen molar-refractivity contribution in [2.75, 3.05) is 26.2 Å². The van der Waals surface area contributed by atoms with Gasteiger partial charge in [0.25, 0.3) is 0 Å². The van der Waals surface area contributed by atoms with Crippen molar-refractivity contribution in [3.63, 3.8) is 0 Å². The summed E-state index contributed by atoms with van der Waals surface area (Å²) in [7, 11) is 0. The Balaban J connectivity index is 0.00000161. The number of halogens is 3. The molecule has 0 radical (unpaired) electrons. The molecule has 1 aromatic heterocycles. The molecule has 1 atom stereocenters. The van der Waals surface area contributed by atoms with E-state index in [4.69, 9.17) is 0 Å². The van der Waals surface area contributed by atoms with Crippen molar-refractivity contribution >= 4 is 39.7 Å². The van der Waals surface area contributed by atoms with Crippen LogP contribution in [-0.2, 0) is 0 Å².